The second-order valence-corrected chi connectivity index (χ2v) is 7.44. The fourth-order valence-electron chi connectivity index (χ4n) is 3.33. The molecule has 1 heterocycles. The van der Waals surface area contributed by atoms with Crippen LogP contribution in [0.25, 0.3) is 0 Å². The number of piperidine rings is 1. The summed E-state index contributed by atoms with van der Waals surface area (Å²) in [7, 11) is 0. The van der Waals surface area contributed by atoms with Gasteiger partial charge in [-0.15, -0.1) is 0 Å². The van der Waals surface area contributed by atoms with Gasteiger partial charge in [-0.1, -0.05) is 23.7 Å². The van der Waals surface area contributed by atoms with Gasteiger partial charge in [-0.3, -0.25) is 0 Å². The molecule has 0 amide bonds. The minimum atomic E-state index is 0.194. The monoisotopic (exact) mass is 280 g/mol. The van der Waals surface area contributed by atoms with Crippen molar-refractivity contribution in [1.82, 2.24) is 10.6 Å². The van der Waals surface area contributed by atoms with Crippen molar-refractivity contribution in [2.75, 3.05) is 0 Å². The molecule has 2 rings (SSSR count). The quantitative estimate of drug-likeness (QED) is 0.881. The molecule has 0 radical (unpaired) electrons. The number of halogens is 1. The van der Waals surface area contributed by atoms with Crippen LogP contribution in [0.15, 0.2) is 24.3 Å². The Morgan fingerprint density at radius 1 is 1.11 bits per heavy atom. The lowest BCUT2D eigenvalue weighted by molar-refractivity contribution is 0.145. The summed E-state index contributed by atoms with van der Waals surface area (Å²) in [6, 6.07) is 8.64. The molecule has 1 aromatic carbocycles. The second-order valence-electron chi connectivity index (χ2n) is 7.01. The summed E-state index contributed by atoms with van der Waals surface area (Å²) in [5.74, 6) is 0. The molecule has 1 aliphatic rings. The maximum Gasteiger partial charge on any atom is 0.0406 e. The molecule has 0 aromatic heterocycles. The van der Waals surface area contributed by atoms with E-state index in [1.54, 1.807) is 0 Å². The van der Waals surface area contributed by atoms with Gasteiger partial charge in [0.05, 0.1) is 0 Å². The predicted molar refractivity (Wildman–Crippen MR) is 82.6 cm³/mol. The zero-order valence-corrected chi connectivity index (χ0v) is 13.1. The molecule has 106 valence electrons. The van der Waals surface area contributed by atoms with Crippen LogP contribution in [0.2, 0.25) is 5.02 Å². The molecule has 2 N–H and O–H groups in total. The highest BCUT2D eigenvalue weighted by atomic mass is 35.5. The van der Waals surface area contributed by atoms with Crippen LogP contribution in [-0.2, 0) is 6.54 Å². The Labute approximate surface area is 121 Å². The molecular weight excluding hydrogens is 256 g/mol. The summed E-state index contributed by atoms with van der Waals surface area (Å²) in [6.45, 7) is 10.0. The molecule has 2 nitrogen and oxygen atoms in total. The van der Waals surface area contributed by atoms with Gasteiger partial charge in [-0.2, -0.15) is 0 Å². The van der Waals surface area contributed by atoms with Crippen LogP contribution in [0, 0.1) is 0 Å². The lowest BCUT2D eigenvalue weighted by Gasteiger charge is -2.46. The third kappa shape index (κ3) is 4.48. The zero-order valence-electron chi connectivity index (χ0n) is 12.4. The van der Waals surface area contributed by atoms with Crippen molar-refractivity contribution < 1.29 is 0 Å². The zero-order chi connectivity index (χ0) is 14.1. The summed E-state index contributed by atoms with van der Waals surface area (Å²) in [5, 5.41) is 8.19. The Balaban J connectivity index is 1.93. The van der Waals surface area contributed by atoms with Crippen LogP contribution < -0.4 is 10.6 Å². The van der Waals surface area contributed by atoms with E-state index in [-0.39, 0.29) is 11.1 Å². The van der Waals surface area contributed by atoms with Crippen molar-refractivity contribution in [3.8, 4) is 0 Å². The van der Waals surface area contributed by atoms with Crippen LogP contribution in [0.1, 0.15) is 46.1 Å². The van der Waals surface area contributed by atoms with Crippen LogP contribution in [0.4, 0.5) is 0 Å². The maximum atomic E-state index is 5.91. The predicted octanol–water partition coefficient (Wildman–Crippen LogP) is 3.74. The van der Waals surface area contributed by atoms with Crippen molar-refractivity contribution in [2.45, 2.75) is 64.2 Å². The Kier molecular flexibility index (Phi) is 4.24. The van der Waals surface area contributed by atoms with E-state index in [9.17, 15) is 0 Å². The smallest absolute Gasteiger partial charge is 0.0406 e. The summed E-state index contributed by atoms with van der Waals surface area (Å²) in [6.07, 6.45) is 2.31. The highest BCUT2D eigenvalue weighted by Gasteiger charge is 2.37. The molecule has 0 aliphatic carbocycles. The molecule has 1 aliphatic heterocycles. The molecule has 0 atom stereocenters. The van der Waals surface area contributed by atoms with Crippen LogP contribution in [0.5, 0.6) is 0 Å². The third-order valence-electron chi connectivity index (χ3n) is 3.70. The fraction of sp³-hybridized carbons (Fsp3) is 0.625. The molecule has 0 saturated carbocycles. The molecule has 0 unspecified atom stereocenters. The van der Waals surface area contributed by atoms with E-state index in [2.05, 4.69) is 50.5 Å². The lowest BCUT2D eigenvalue weighted by Crippen LogP contribution is -2.61. The Morgan fingerprint density at radius 2 is 1.63 bits per heavy atom. The van der Waals surface area contributed by atoms with E-state index in [1.807, 2.05) is 12.1 Å². The first-order valence-electron chi connectivity index (χ1n) is 7.03. The van der Waals surface area contributed by atoms with Crippen molar-refractivity contribution in [3.05, 3.63) is 34.9 Å². The molecule has 1 saturated heterocycles. The minimum absolute atomic E-state index is 0.194. The normalized spacial score (nSPS) is 22.4. The van der Waals surface area contributed by atoms with Gasteiger partial charge in [0.25, 0.3) is 0 Å². The summed E-state index contributed by atoms with van der Waals surface area (Å²) < 4.78 is 0. The van der Waals surface area contributed by atoms with Gasteiger partial charge < -0.3 is 10.6 Å². The highest BCUT2D eigenvalue weighted by molar-refractivity contribution is 6.30. The number of nitrogens with one attached hydrogen (secondary N) is 2. The van der Waals surface area contributed by atoms with E-state index >= 15 is 0 Å². The number of rotatable bonds is 3. The number of hydrogen-bond acceptors (Lipinski definition) is 2. The van der Waals surface area contributed by atoms with E-state index in [4.69, 9.17) is 11.6 Å². The van der Waals surface area contributed by atoms with Gasteiger partial charge in [-0.25, -0.2) is 0 Å². The van der Waals surface area contributed by atoms with Gasteiger partial charge in [0, 0.05) is 28.7 Å². The van der Waals surface area contributed by atoms with E-state index in [0.717, 1.165) is 24.4 Å². The third-order valence-corrected chi connectivity index (χ3v) is 3.95. The van der Waals surface area contributed by atoms with Gasteiger partial charge >= 0.3 is 0 Å². The van der Waals surface area contributed by atoms with E-state index in [1.165, 1.54) is 5.56 Å². The Bertz CT molecular complexity index is 407. The number of hydrogen-bond donors (Lipinski definition) is 2. The number of benzene rings is 1. The molecule has 0 spiro atoms. The minimum Gasteiger partial charge on any atom is -0.310 e. The van der Waals surface area contributed by atoms with Crippen molar-refractivity contribution in [1.29, 1.82) is 0 Å². The van der Waals surface area contributed by atoms with Gasteiger partial charge in [0.1, 0.15) is 0 Å². The van der Waals surface area contributed by atoms with Crippen molar-refractivity contribution in [3.63, 3.8) is 0 Å². The summed E-state index contributed by atoms with van der Waals surface area (Å²) >= 11 is 5.91. The Morgan fingerprint density at radius 3 is 2.16 bits per heavy atom. The fourth-order valence-corrected chi connectivity index (χ4v) is 3.46. The molecular formula is C16H25ClN2. The molecule has 3 heteroatoms. The van der Waals surface area contributed by atoms with Crippen LogP contribution >= 0.6 is 11.6 Å². The SMILES string of the molecule is CC1(C)CC(NCc2ccc(Cl)cc2)CC(C)(C)N1. The lowest BCUT2D eigenvalue weighted by atomic mass is 9.79. The molecule has 1 aromatic rings. The largest absolute Gasteiger partial charge is 0.310 e. The highest BCUT2D eigenvalue weighted by Crippen LogP contribution is 2.28. The van der Waals surface area contributed by atoms with Crippen LogP contribution in [-0.4, -0.2) is 17.1 Å². The summed E-state index contributed by atoms with van der Waals surface area (Å²) in [5.41, 5.74) is 1.68. The van der Waals surface area contributed by atoms with Crippen molar-refractivity contribution in [2.24, 2.45) is 0 Å². The van der Waals surface area contributed by atoms with E-state index < -0.39 is 0 Å². The van der Waals surface area contributed by atoms with E-state index in [0.29, 0.717) is 6.04 Å². The van der Waals surface area contributed by atoms with Crippen LogP contribution in [0.3, 0.4) is 0 Å². The molecule has 0 bridgehead atoms. The van der Waals surface area contributed by atoms with Gasteiger partial charge in [-0.05, 0) is 58.2 Å². The maximum absolute atomic E-state index is 5.91. The first kappa shape index (κ1) is 14.8. The first-order chi connectivity index (χ1) is 8.76. The van der Waals surface area contributed by atoms with Crippen molar-refractivity contribution >= 4 is 11.6 Å². The second kappa shape index (κ2) is 5.43. The first-order valence-corrected chi connectivity index (χ1v) is 7.41. The van der Waals surface area contributed by atoms with Gasteiger partial charge in [0.2, 0.25) is 0 Å². The standard InChI is InChI=1S/C16H25ClN2/c1-15(2)9-14(10-16(3,4)19-15)18-11-12-5-7-13(17)8-6-12/h5-8,14,18-19H,9-11H2,1-4H3. The average Bonchev–Trinajstić information content (AvgIpc) is 2.24. The Hall–Kier alpha value is -0.570. The molecule has 19 heavy (non-hydrogen) atoms. The molecule has 1 fully saturated rings. The summed E-state index contributed by atoms with van der Waals surface area (Å²) in [4.78, 5) is 0. The average molecular weight is 281 g/mol. The van der Waals surface area contributed by atoms with Gasteiger partial charge in [0.15, 0.2) is 0 Å². The topological polar surface area (TPSA) is 24.1 Å².